The Morgan fingerprint density at radius 1 is 1.42 bits per heavy atom. The minimum atomic E-state index is -0.428. The fourth-order valence-corrected chi connectivity index (χ4v) is 1.68. The first-order valence-corrected chi connectivity index (χ1v) is 6.62. The highest BCUT2D eigenvalue weighted by atomic mass is 16.5. The summed E-state index contributed by atoms with van der Waals surface area (Å²) in [6.45, 7) is 7.04. The topological polar surface area (TPSA) is 64.1 Å². The Morgan fingerprint density at radius 3 is 2.63 bits per heavy atom. The van der Waals surface area contributed by atoms with E-state index in [9.17, 15) is 4.79 Å². The molecule has 1 heterocycles. The lowest BCUT2D eigenvalue weighted by atomic mass is 9.91. The number of hydrogen-bond acceptors (Lipinski definition) is 5. The molecule has 1 aromatic rings. The highest BCUT2D eigenvalue weighted by molar-refractivity contribution is 5.87. The molecule has 104 valence electrons. The molecule has 0 saturated heterocycles. The first kappa shape index (κ1) is 13.8. The molecular weight excluding hydrogens is 242 g/mol. The number of nitrogens with zero attached hydrogens (tertiary/aromatic N) is 2. The van der Waals surface area contributed by atoms with Crippen molar-refractivity contribution in [1.82, 2.24) is 9.97 Å². The van der Waals surface area contributed by atoms with E-state index in [-0.39, 0.29) is 5.41 Å². The Kier molecular flexibility index (Phi) is 3.73. The zero-order chi connectivity index (χ0) is 14.0. The minimum absolute atomic E-state index is 0.137. The number of aromatic nitrogens is 2. The van der Waals surface area contributed by atoms with Crippen LogP contribution in [0.25, 0.3) is 0 Å². The maximum absolute atomic E-state index is 11.7. The molecule has 5 heteroatoms. The zero-order valence-corrected chi connectivity index (χ0v) is 12.0. The van der Waals surface area contributed by atoms with Crippen LogP contribution in [0.4, 0.5) is 5.95 Å². The van der Waals surface area contributed by atoms with Crippen molar-refractivity contribution < 1.29 is 9.53 Å². The summed E-state index contributed by atoms with van der Waals surface area (Å²) in [5.74, 6) is 0.811. The van der Waals surface area contributed by atoms with E-state index in [1.807, 2.05) is 0 Å². The lowest BCUT2D eigenvalue weighted by molar-refractivity contribution is 0.0593. The molecule has 1 saturated carbocycles. The molecule has 1 aromatic heterocycles. The summed E-state index contributed by atoms with van der Waals surface area (Å²) in [7, 11) is 1.36. The number of esters is 1. The van der Waals surface area contributed by atoms with Crippen molar-refractivity contribution in [3.05, 3.63) is 17.5 Å². The maximum atomic E-state index is 11.7. The van der Waals surface area contributed by atoms with Crippen LogP contribution in [0, 0.1) is 5.92 Å². The van der Waals surface area contributed by atoms with Crippen molar-refractivity contribution in [2.24, 2.45) is 5.92 Å². The standard InChI is InChI=1S/C14H21N3O2/c1-14(2,3)11-7-10(12(18)19-4)16-13(17-11)15-8-9-5-6-9/h7,9H,5-6,8H2,1-4H3,(H,15,16,17). The van der Waals surface area contributed by atoms with E-state index in [1.54, 1.807) is 6.07 Å². The molecule has 19 heavy (non-hydrogen) atoms. The van der Waals surface area contributed by atoms with Crippen LogP contribution in [0.5, 0.6) is 0 Å². The van der Waals surface area contributed by atoms with Gasteiger partial charge in [0.25, 0.3) is 0 Å². The first-order chi connectivity index (χ1) is 8.90. The van der Waals surface area contributed by atoms with E-state index in [4.69, 9.17) is 4.74 Å². The van der Waals surface area contributed by atoms with E-state index in [1.165, 1.54) is 20.0 Å². The third-order valence-electron chi connectivity index (χ3n) is 3.13. The van der Waals surface area contributed by atoms with Gasteiger partial charge in [-0.2, -0.15) is 0 Å². The Hall–Kier alpha value is -1.65. The molecule has 0 radical (unpaired) electrons. The molecule has 5 nitrogen and oxygen atoms in total. The van der Waals surface area contributed by atoms with Gasteiger partial charge in [-0.15, -0.1) is 0 Å². The number of nitrogens with one attached hydrogen (secondary N) is 1. The van der Waals surface area contributed by atoms with Gasteiger partial charge in [-0.3, -0.25) is 0 Å². The number of methoxy groups -OCH3 is 1. The summed E-state index contributed by atoms with van der Waals surface area (Å²) >= 11 is 0. The van der Waals surface area contributed by atoms with E-state index < -0.39 is 5.97 Å². The van der Waals surface area contributed by atoms with Gasteiger partial charge in [0.1, 0.15) is 0 Å². The number of carbonyl (C=O) groups is 1. The van der Waals surface area contributed by atoms with Crippen molar-refractivity contribution in [2.75, 3.05) is 19.0 Å². The highest BCUT2D eigenvalue weighted by Gasteiger charge is 2.23. The van der Waals surface area contributed by atoms with Gasteiger partial charge in [0.2, 0.25) is 5.95 Å². The summed E-state index contributed by atoms with van der Waals surface area (Å²) in [6.07, 6.45) is 2.52. The molecule has 0 amide bonds. The summed E-state index contributed by atoms with van der Waals surface area (Å²) in [4.78, 5) is 20.4. The third-order valence-corrected chi connectivity index (χ3v) is 3.13. The molecule has 0 aliphatic heterocycles. The fourth-order valence-electron chi connectivity index (χ4n) is 1.68. The maximum Gasteiger partial charge on any atom is 0.356 e. The molecule has 0 spiro atoms. The average Bonchev–Trinajstić information content (AvgIpc) is 3.18. The molecule has 0 aromatic carbocycles. The number of anilines is 1. The van der Waals surface area contributed by atoms with Gasteiger partial charge < -0.3 is 10.1 Å². The molecule has 1 N–H and O–H groups in total. The number of hydrogen-bond donors (Lipinski definition) is 1. The lowest BCUT2D eigenvalue weighted by Crippen LogP contribution is -2.19. The van der Waals surface area contributed by atoms with Crippen molar-refractivity contribution in [3.63, 3.8) is 0 Å². The van der Waals surface area contributed by atoms with E-state index in [2.05, 4.69) is 36.1 Å². The van der Waals surface area contributed by atoms with Crippen LogP contribution in [0.3, 0.4) is 0 Å². The van der Waals surface area contributed by atoms with Crippen molar-refractivity contribution >= 4 is 11.9 Å². The van der Waals surface area contributed by atoms with Crippen molar-refractivity contribution in [2.45, 2.75) is 39.0 Å². The van der Waals surface area contributed by atoms with E-state index in [0.717, 1.165) is 18.2 Å². The van der Waals surface area contributed by atoms with Crippen LogP contribution in [0.2, 0.25) is 0 Å². The van der Waals surface area contributed by atoms with Gasteiger partial charge in [0.15, 0.2) is 5.69 Å². The highest BCUT2D eigenvalue weighted by Crippen LogP contribution is 2.29. The van der Waals surface area contributed by atoms with Crippen LogP contribution < -0.4 is 5.32 Å². The quantitative estimate of drug-likeness (QED) is 0.845. The second kappa shape index (κ2) is 5.15. The molecule has 1 fully saturated rings. The van der Waals surface area contributed by atoms with E-state index in [0.29, 0.717) is 11.6 Å². The zero-order valence-electron chi connectivity index (χ0n) is 12.0. The Bertz CT molecular complexity index is 476. The Morgan fingerprint density at radius 2 is 2.11 bits per heavy atom. The van der Waals surface area contributed by atoms with Crippen molar-refractivity contribution in [3.8, 4) is 0 Å². The summed E-state index contributed by atoms with van der Waals surface area (Å²) in [5.41, 5.74) is 1.00. The van der Waals surface area contributed by atoms with Crippen LogP contribution in [0.1, 0.15) is 49.8 Å². The van der Waals surface area contributed by atoms with E-state index >= 15 is 0 Å². The summed E-state index contributed by atoms with van der Waals surface area (Å²) in [5, 5.41) is 3.21. The third kappa shape index (κ3) is 3.66. The number of rotatable bonds is 4. The van der Waals surface area contributed by atoms with Crippen LogP contribution in [-0.2, 0) is 10.2 Å². The molecule has 1 aliphatic carbocycles. The van der Waals surface area contributed by atoms with Crippen molar-refractivity contribution in [1.29, 1.82) is 0 Å². The second-order valence-corrected chi connectivity index (χ2v) is 6.03. The normalized spacial score (nSPS) is 15.2. The predicted molar refractivity (Wildman–Crippen MR) is 73.3 cm³/mol. The monoisotopic (exact) mass is 263 g/mol. The molecule has 0 unspecified atom stereocenters. The van der Waals surface area contributed by atoms with Gasteiger partial charge in [0, 0.05) is 12.0 Å². The lowest BCUT2D eigenvalue weighted by Gasteiger charge is -2.19. The summed E-state index contributed by atoms with van der Waals surface area (Å²) in [6, 6.07) is 1.70. The number of carbonyl (C=O) groups excluding carboxylic acids is 1. The first-order valence-electron chi connectivity index (χ1n) is 6.62. The number of ether oxygens (including phenoxy) is 1. The minimum Gasteiger partial charge on any atom is -0.464 e. The van der Waals surface area contributed by atoms with Gasteiger partial charge in [0.05, 0.1) is 12.8 Å². The van der Waals surface area contributed by atoms with Crippen LogP contribution in [0.15, 0.2) is 6.07 Å². The van der Waals surface area contributed by atoms with Crippen LogP contribution >= 0.6 is 0 Å². The van der Waals surface area contributed by atoms with Crippen LogP contribution in [-0.4, -0.2) is 29.6 Å². The van der Waals surface area contributed by atoms with Gasteiger partial charge in [-0.25, -0.2) is 14.8 Å². The largest absolute Gasteiger partial charge is 0.464 e. The molecule has 0 bridgehead atoms. The smallest absolute Gasteiger partial charge is 0.356 e. The molecule has 0 atom stereocenters. The van der Waals surface area contributed by atoms with Gasteiger partial charge >= 0.3 is 5.97 Å². The molecule has 2 rings (SSSR count). The average molecular weight is 263 g/mol. The van der Waals surface area contributed by atoms with Gasteiger partial charge in [-0.1, -0.05) is 20.8 Å². The Balaban J connectivity index is 2.27. The fraction of sp³-hybridized carbons (Fsp3) is 0.643. The SMILES string of the molecule is COC(=O)c1cc(C(C)(C)C)nc(NCC2CC2)n1. The predicted octanol–water partition coefficient (Wildman–Crippen LogP) is 2.38. The molecular formula is C14H21N3O2. The molecule has 1 aliphatic rings. The second-order valence-electron chi connectivity index (χ2n) is 6.03. The Labute approximate surface area is 113 Å². The summed E-state index contributed by atoms with van der Waals surface area (Å²) < 4.78 is 4.74. The van der Waals surface area contributed by atoms with Gasteiger partial charge in [-0.05, 0) is 24.8 Å².